The van der Waals surface area contributed by atoms with Gasteiger partial charge in [0.25, 0.3) is 11.8 Å². The number of hydrogen-bond donors (Lipinski definition) is 3. The number of esters is 1. The van der Waals surface area contributed by atoms with Crippen LogP contribution in [0.1, 0.15) is 44.1 Å². The van der Waals surface area contributed by atoms with Crippen molar-refractivity contribution < 1.29 is 19.1 Å². The Morgan fingerprint density at radius 1 is 1.06 bits per heavy atom. The van der Waals surface area contributed by atoms with E-state index >= 15 is 0 Å². The lowest BCUT2D eigenvalue weighted by atomic mass is 9.95. The van der Waals surface area contributed by atoms with Crippen molar-refractivity contribution in [3.8, 4) is 0 Å². The van der Waals surface area contributed by atoms with Crippen molar-refractivity contribution in [2.24, 2.45) is 0 Å². The summed E-state index contributed by atoms with van der Waals surface area (Å²) in [5.74, 6) is -1.85. The van der Waals surface area contributed by atoms with Gasteiger partial charge in [0.15, 0.2) is 18.1 Å². The standard InChI is InChI=1S/C22H20ClN5O4S/c23-12-5-7-13(8-6-12)27-20(30)17-14-3-1-2-4-15(14)33-21(17)28-16(29)11-32-22(31)18-19(24)26-10-9-25-18/h5-10H,1-4,11H2,(H2,24,26)(H,27,30)(H,28,29). The summed E-state index contributed by atoms with van der Waals surface area (Å²) in [7, 11) is 0. The molecule has 0 spiro atoms. The molecule has 11 heteroatoms. The van der Waals surface area contributed by atoms with E-state index in [1.54, 1.807) is 24.3 Å². The number of aromatic nitrogens is 2. The number of hydrogen-bond acceptors (Lipinski definition) is 8. The maximum atomic E-state index is 13.1. The Hall–Kier alpha value is -3.50. The van der Waals surface area contributed by atoms with E-state index in [9.17, 15) is 14.4 Å². The van der Waals surface area contributed by atoms with Gasteiger partial charge in [-0.3, -0.25) is 9.59 Å². The van der Waals surface area contributed by atoms with Gasteiger partial charge < -0.3 is 21.1 Å². The van der Waals surface area contributed by atoms with Gasteiger partial charge in [-0.1, -0.05) is 11.6 Å². The summed E-state index contributed by atoms with van der Waals surface area (Å²) in [6, 6.07) is 6.77. The van der Waals surface area contributed by atoms with Crippen LogP contribution in [-0.2, 0) is 22.4 Å². The number of anilines is 3. The molecule has 0 unspecified atom stereocenters. The van der Waals surface area contributed by atoms with Gasteiger partial charge in [0, 0.05) is 28.0 Å². The number of benzene rings is 1. The zero-order valence-electron chi connectivity index (χ0n) is 17.4. The number of halogens is 1. The van der Waals surface area contributed by atoms with Gasteiger partial charge in [0.1, 0.15) is 5.00 Å². The average molecular weight is 486 g/mol. The molecule has 0 saturated carbocycles. The minimum absolute atomic E-state index is 0.0880. The van der Waals surface area contributed by atoms with Crippen molar-refractivity contribution in [1.82, 2.24) is 9.97 Å². The Kier molecular flexibility index (Phi) is 6.85. The number of rotatable bonds is 6. The third-order valence-corrected chi connectivity index (χ3v) is 6.47. The summed E-state index contributed by atoms with van der Waals surface area (Å²) >= 11 is 7.28. The number of carbonyl (C=O) groups excluding carboxylic acids is 3. The monoisotopic (exact) mass is 485 g/mol. The first-order chi connectivity index (χ1) is 15.9. The number of nitrogens with two attached hydrogens (primary N) is 1. The molecule has 0 atom stereocenters. The van der Waals surface area contributed by atoms with Gasteiger partial charge in [-0.25, -0.2) is 14.8 Å². The van der Waals surface area contributed by atoms with E-state index in [-0.39, 0.29) is 17.4 Å². The smallest absolute Gasteiger partial charge is 0.361 e. The molecule has 1 aliphatic rings. The summed E-state index contributed by atoms with van der Waals surface area (Å²) in [5, 5.41) is 6.56. The van der Waals surface area contributed by atoms with Crippen LogP contribution in [-0.4, -0.2) is 34.4 Å². The molecule has 0 aliphatic heterocycles. The minimum atomic E-state index is -0.859. The number of aryl methyl sites for hydroxylation is 1. The predicted molar refractivity (Wildman–Crippen MR) is 126 cm³/mol. The zero-order chi connectivity index (χ0) is 23.4. The molecule has 2 amide bonds. The van der Waals surface area contributed by atoms with E-state index in [1.165, 1.54) is 23.7 Å². The number of ether oxygens (including phenoxy) is 1. The Labute approximate surface area is 198 Å². The lowest BCUT2D eigenvalue weighted by Crippen LogP contribution is -2.23. The van der Waals surface area contributed by atoms with Crippen LogP contribution in [0.3, 0.4) is 0 Å². The molecule has 4 N–H and O–H groups in total. The van der Waals surface area contributed by atoms with Gasteiger partial charge in [-0.05, 0) is 55.5 Å². The molecule has 2 aromatic heterocycles. The number of fused-ring (bicyclic) bond motifs is 1. The number of carbonyl (C=O) groups is 3. The topological polar surface area (TPSA) is 136 Å². The molecular weight excluding hydrogens is 466 g/mol. The number of nitrogens with one attached hydrogen (secondary N) is 2. The number of thiophene rings is 1. The normalized spacial score (nSPS) is 12.5. The second-order valence-corrected chi connectivity index (χ2v) is 8.83. The summed E-state index contributed by atoms with van der Waals surface area (Å²) in [5.41, 5.74) is 7.41. The first kappa shape index (κ1) is 22.7. The van der Waals surface area contributed by atoms with Crippen molar-refractivity contribution in [2.45, 2.75) is 25.7 Å². The minimum Gasteiger partial charge on any atom is -0.451 e. The molecule has 0 fully saturated rings. The molecule has 9 nitrogen and oxygen atoms in total. The SMILES string of the molecule is Nc1nccnc1C(=O)OCC(=O)Nc1sc2c(c1C(=O)Nc1ccc(Cl)cc1)CCCC2. The van der Waals surface area contributed by atoms with Crippen LogP contribution in [0.25, 0.3) is 0 Å². The summed E-state index contributed by atoms with van der Waals surface area (Å²) in [6.45, 7) is -0.560. The first-order valence-corrected chi connectivity index (χ1v) is 11.4. The summed E-state index contributed by atoms with van der Waals surface area (Å²) in [4.78, 5) is 46.4. The van der Waals surface area contributed by atoms with Crippen molar-refractivity contribution in [2.75, 3.05) is 23.0 Å². The van der Waals surface area contributed by atoms with E-state index in [2.05, 4.69) is 20.6 Å². The Morgan fingerprint density at radius 2 is 1.79 bits per heavy atom. The molecule has 33 heavy (non-hydrogen) atoms. The van der Waals surface area contributed by atoms with Gasteiger partial charge in [0.05, 0.1) is 5.56 Å². The van der Waals surface area contributed by atoms with Gasteiger partial charge in [0.2, 0.25) is 0 Å². The lowest BCUT2D eigenvalue weighted by Gasteiger charge is -2.13. The maximum Gasteiger partial charge on any atom is 0.361 e. The average Bonchev–Trinajstić information content (AvgIpc) is 3.17. The number of amides is 2. The van der Waals surface area contributed by atoms with Crippen LogP contribution in [0.15, 0.2) is 36.7 Å². The van der Waals surface area contributed by atoms with E-state index in [1.807, 2.05) is 0 Å². The van der Waals surface area contributed by atoms with E-state index < -0.39 is 18.5 Å². The molecule has 0 saturated heterocycles. The molecule has 1 aliphatic carbocycles. The van der Waals surface area contributed by atoms with Crippen LogP contribution in [0, 0.1) is 0 Å². The quantitative estimate of drug-likeness (QED) is 0.453. The van der Waals surface area contributed by atoms with Gasteiger partial charge in [-0.15, -0.1) is 11.3 Å². The fraction of sp³-hybridized carbons (Fsp3) is 0.227. The summed E-state index contributed by atoms with van der Waals surface area (Å²) in [6.07, 6.45) is 6.23. The number of nitrogens with zero attached hydrogens (tertiary/aromatic N) is 2. The van der Waals surface area contributed by atoms with Crippen molar-refractivity contribution in [1.29, 1.82) is 0 Å². The lowest BCUT2D eigenvalue weighted by molar-refractivity contribution is -0.119. The molecule has 3 aromatic rings. The molecule has 0 bridgehead atoms. The Morgan fingerprint density at radius 3 is 2.55 bits per heavy atom. The van der Waals surface area contributed by atoms with Crippen molar-refractivity contribution >= 4 is 57.2 Å². The highest BCUT2D eigenvalue weighted by molar-refractivity contribution is 7.17. The van der Waals surface area contributed by atoms with Crippen LogP contribution in [0.5, 0.6) is 0 Å². The van der Waals surface area contributed by atoms with Crippen LogP contribution < -0.4 is 16.4 Å². The largest absolute Gasteiger partial charge is 0.451 e. The van der Waals surface area contributed by atoms with E-state index in [0.717, 1.165) is 36.1 Å². The Balaban J connectivity index is 1.48. The van der Waals surface area contributed by atoms with Crippen LogP contribution >= 0.6 is 22.9 Å². The van der Waals surface area contributed by atoms with Gasteiger partial charge in [-0.2, -0.15) is 0 Å². The first-order valence-electron chi connectivity index (χ1n) is 10.2. The fourth-order valence-corrected chi connectivity index (χ4v) is 4.92. The molecule has 1 aromatic carbocycles. The highest BCUT2D eigenvalue weighted by Gasteiger charge is 2.27. The van der Waals surface area contributed by atoms with Crippen LogP contribution in [0.2, 0.25) is 5.02 Å². The van der Waals surface area contributed by atoms with E-state index in [4.69, 9.17) is 22.1 Å². The Bertz CT molecular complexity index is 1210. The zero-order valence-corrected chi connectivity index (χ0v) is 19.0. The molecule has 2 heterocycles. The van der Waals surface area contributed by atoms with Gasteiger partial charge >= 0.3 is 5.97 Å². The van der Waals surface area contributed by atoms with E-state index in [0.29, 0.717) is 21.3 Å². The van der Waals surface area contributed by atoms with Crippen molar-refractivity contribution in [3.05, 3.63) is 63.4 Å². The fourth-order valence-electron chi connectivity index (χ4n) is 3.49. The van der Waals surface area contributed by atoms with Crippen molar-refractivity contribution in [3.63, 3.8) is 0 Å². The molecular formula is C22H20ClN5O4S. The third kappa shape index (κ3) is 5.29. The maximum absolute atomic E-state index is 13.1. The third-order valence-electron chi connectivity index (χ3n) is 5.01. The molecule has 170 valence electrons. The highest BCUT2D eigenvalue weighted by Crippen LogP contribution is 2.38. The second-order valence-electron chi connectivity index (χ2n) is 7.29. The molecule has 4 rings (SSSR count). The summed E-state index contributed by atoms with van der Waals surface area (Å²) < 4.78 is 5.01. The van der Waals surface area contributed by atoms with Crippen LogP contribution in [0.4, 0.5) is 16.5 Å². The highest BCUT2D eigenvalue weighted by atomic mass is 35.5. The molecule has 0 radical (unpaired) electrons. The predicted octanol–water partition coefficient (Wildman–Crippen LogP) is 3.70. The number of nitrogen functional groups attached to an aromatic ring is 1. The second kappa shape index (κ2) is 9.97.